The van der Waals surface area contributed by atoms with Crippen LogP contribution in [0.1, 0.15) is 48.5 Å². The third-order valence-corrected chi connectivity index (χ3v) is 4.65. The molecule has 1 aromatic rings. The van der Waals surface area contributed by atoms with Gasteiger partial charge in [-0.2, -0.15) is 5.26 Å². The molecule has 0 atom stereocenters. The van der Waals surface area contributed by atoms with Gasteiger partial charge in [0.2, 0.25) is 5.91 Å². The Labute approximate surface area is 136 Å². The zero-order valence-electron chi connectivity index (χ0n) is 13.3. The Morgan fingerprint density at radius 3 is 2.48 bits per heavy atom. The molecule has 0 unspecified atom stereocenters. The summed E-state index contributed by atoms with van der Waals surface area (Å²) in [5, 5.41) is 12.4. The number of nitriles is 1. The molecular weight excluding hydrogens is 290 g/mol. The van der Waals surface area contributed by atoms with E-state index in [-0.39, 0.29) is 23.7 Å². The van der Waals surface area contributed by atoms with Gasteiger partial charge in [-0.05, 0) is 50.8 Å². The molecule has 2 fully saturated rings. The number of carbonyl (C=O) groups is 2. The molecule has 2 aliphatic rings. The normalized spacial score (nSPS) is 18.3. The highest BCUT2D eigenvalue weighted by atomic mass is 16.2. The lowest BCUT2D eigenvalue weighted by molar-refractivity contribution is -0.123. The number of carbonyl (C=O) groups excluding carboxylic acids is 2. The highest BCUT2D eigenvalue weighted by molar-refractivity contribution is 5.95. The molecule has 1 saturated carbocycles. The van der Waals surface area contributed by atoms with E-state index in [0.717, 1.165) is 44.5 Å². The lowest BCUT2D eigenvalue weighted by Gasteiger charge is -2.34. The Bertz CT molecular complexity index is 665. The number of benzene rings is 1. The van der Waals surface area contributed by atoms with Crippen LogP contribution in [0.25, 0.3) is 0 Å². The monoisotopic (exact) mass is 311 g/mol. The Balaban J connectivity index is 1.67. The number of nitrogens with one attached hydrogen (secondary N) is 1. The minimum absolute atomic E-state index is 0.00215. The Morgan fingerprint density at radius 2 is 1.91 bits per heavy atom. The number of amides is 1. The van der Waals surface area contributed by atoms with Crippen molar-refractivity contribution in [1.82, 2.24) is 5.32 Å². The van der Waals surface area contributed by atoms with Crippen LogP contribution in [0.3, 0.4) is 0 Å². The Kier molecular flexibility index (Phi) is 4.33. The number of anilines is 1. The van der Waals surface area contributed by atoms with Gasteiger partial charge in [0.25, 0.3) is 0 Å². The van der Waals surface area contributed by atoms with Crippen molar-refractivity contribution < 1.29 is 9.59 Å². The van der Waals surface area contributed by atoms with Crippen molar-refractivity contribution in [1.29, 1.82) is 5.26 Å². The van der Waals surface area contributed by atoms with Crippen LogP contribution in [0.2, 0.25) is 0 Å². The van der Waals surface area contributed by atoms with Gasteiger partial charge < -0.3 is 10.2 Å². The molecule has 5 heteroatoms. The van der Waals surface area contributed by atoms with E-state index in [1.807, 2.05) is 6.07 Å². The van der Waals surface area contributed by atoms with Crippen LogP contribution in [-0.2, 0) is 4.79 Å². The van der Waals surface area contributed by atoms with Gasteiger partial charge >= 0.3 is 0 Å². The van der Waals surface area contributed by atoms with Crippen LogP contribution in [0.5, 0.6) is 0 Å². The number of hydrogen-bond acceptors (Lipinski definition) is 4. The van der Waals surface area contributed by atoms with E-state index < -0.39 is 0 Å². The van der Waals surface area contributed by atoms with Crippen LogP contribution in [0.15, 0.2) is 18.2 Å². The number of rotatable bonds is 4. The summed E-state index contributed by atoms with van der Waals surface area (Å²) < 4.78 is 0. The van der Waals surface area contributed by atoms with Crippen LogP contribution in [-0.4, -0.2) is 30.8 Å². The fourth-order valence-corrected chi connectivity index (χ4v) is 3.04. The maximum absolute atomic E-state index is 11.8. The summed E-state index contributed by atoms with van der Waals surface area (Å²) in [6, 6.07) is 7.65. The second kappa shape index (κ2) is 6.41. The lowest BCUT2D eigenvalue weighted by atomic mass is 10.0. The first-order valence-electron chi connectivity index (χ1n) is 8.19. The summed E-state index contributed by atoms with van der Waals surface area (Å²) in [4.78, 5) is 25.6. The number of ketones is 1. The molecule has 0 bridgehead atoms. The molecule has 1 saturated heterocycles. The molecule has 0 aromatic heterocycles. The number of Topliss-reactive ketones (excluding diaryl/α,β-unsaturated/α-hetero) is 1. The van der Waals surface area contributed by atoms with Crippen molar-refractivity contribution in [2.24, 2.45) is 5.92 Å². The summed E-state index contributed by atoms with van der Waals surface area (Å²) in [5.74, 6) is 0.438. The molecule has 0 spiro atoms. The largest absolute Gasteiger partial charge is 0.370 e. The number of nitrogens with zero attached hydrogens (tertiary/aromatic N) is 2. The second-order valence-electron chi connectivity index (χ2n) is 6.44. The van der Waals surface area contributed by atoms with E-state index in [4.69, 9.17) is 0 Å². The second-order valence-corrected chi connectivity index (χ2v) is 6.44. The van der Waals surface area contributed by atoms with Crippen LogP contribution in [0.4, 0.5) is 5.69 Å². The maximum atomic E-state index is 11.8. The molecule has 1 aliphatic heterocycles. The van der Waals surface area contributed by atoms with Gasteiger partial charge in [-0.3, -0.25) is 9.59 Å². The quantitative estimate of drug-likeness (QED) is 0.866. The van der Waals surface area contributed by atoms with Gasteiger partial charge in [0.15, 0.2) is 5.78 Å². The standard InChI is InChI=1S/C18H21N3O2/c1-12(22)14-4-5-15(11-19)17(10-14)21-8-6-16(7-9-21)20-18(23)13-2-3-13/h4-5,10,13,16H,2-3,6-9H2,1H3,(H,20,23). The highest BCUT2D eigenvalue weighted by Crippen LogP contribution is 2.30. The molecule has 1 N–H and O–H groups in total. The van der Waals surface area contributed by atoms with Gasteiger partial charge in [-0.1, -0.05) is 0 Å². The van der Waals surface area contributed by atoms with E-state index >= 15 is 0 Å². The van der Waals surface area contributed by atoms with Crippen LogP contribution in [0, 0.1) is 17.2 Å². The molecular formula is C18H21N3O2. The average Bonchev–Trinajstić information content (AvgIpc) is 3.40. The van der Waals surface area contributed by atoms with E-state index in [1.54, 1.807) is 12.1 Å². The molecule has 1 amide bonds. The van der Waals surface area contributed by atoms with Crippen molar-refractivity contribution >= 4 is 17.4 Å². The third kappa shape index (κ3) is 3.53. The zero-order valence-corrected chi connectivity index (χ0v) is 13.3. The van der Waals surface area contributed by atoms with Crippen LogP contribution < -0.4 is 10.2 Å². The molecule has 0 radical (unpaired) electrons. The van der Waals surface area contributed by atoms with Gasteiger partial charge in [-0.25, -0.2) is 0 Å². The molecule has 5 nitrogen and oxygen atoms in total. The van der Waals surface area contributed by atoms with Crippen molar-refractivity contribution in [3.8, 4) is 6.07 Å². The number of piperidine rings is 1. The predicted molar refractivity (Wildman–Crippen MR) is 87.3 cm³/mol. The minimum Gasteiger partial charge on any atom is -0.370 e. The van der Waals surface area contributed by atoms with E-state index in [0.29, 0.717) is 11.1 Å². The first-order valence-corrected chi connectivity index (χ1v) is 8.19. The summed E-state index contributed by atoms with van der Waals surface area (Å²) in [5.41, 5.74) is 2.05. The maximum Gasteiger partial charge on any atom is 0.223 e. The molecule has 120 valence electrons. The fraction of sp³-hybridized carbons (Fsp3) is 0.500. The van der Waals surface area contributed by atoms with Crippen LogP contribution >= 0.6 is 0 Å². The van der Waals surface area contributed by atoms with Crippen molar-refractivity contribution in [2.45, 2.75) is 38.6 Å². The van der Waals surface area contributed by atoms with Crippen molar-refractivity contribution in [3.63, 3.8) is 0 Å². The summed E-state index contributed by atoms with van der Waals surface area (Å²) in [7, 11) is 0. The predicted octanol–water partition coefficient (Wildman–Crippen LogP) is 2.26. The molecule has 1 aliphatic carbocycles. The average molecular weight is 311 g/mol. The van der Waals surface area contributed by atoms with Gasteiger partial charge in [-0.15, -0.1) is 0 Å². The van der Waals surface area contributed by atoms with Gasteiger partial charge in [0.05, 0.1) is 11.3 Å². The molecule has 3 rings (SSSR count). The Hall–Kier alpha value is -2.35. The third-order valence-electron chi connectivity index (χ3n) is 4.65. The van der Waals surface area contributed by atoms with Crippen molar-refractivity contribution in [2.75, 3.05) is 18.0 Å². The topological polar surface area (TPSA) is 73.2 Å². The first kappa shape index (κ1) is 15.5. The van der Waals surface area contributed by atoms with Crippen molar-refractivity contribution in [3.05, 3.63) is 29.3 Å². The molecule has 1 heterocycles. The SMILES string of the molecule is CC(=O)c1ccc(C#N)c(N2CCC(NC(=O)C3CC3)CC2)c1. The number of hydrogen-bond donors (Lipinski definition) is 1. The Morgan fingerprint density at radius 1 is 1.22 bits per heavy atom. The summed E-state index contributed by atoms with van der Waals surface area (Å²) in [6.07, 6.45) is 3.78. The van der Waals surface area contributed by atoms with Gasteiger partial charge in [0, 0.05) is 30.6 Å². The van der Waals surface area contributed by atoms with E-state index in [1.165, 1.54) is 6.92 Å². The highest BCUT2D eigenvalue weighted by Gasteiger charge is 2.32. The fourth-order valence-electron chi connectivity index (χ4n) is 3.04. The summed E-state index contributed by atoms with van der Waals surface area (Å²) in [6.45, 7) is 3.10. The van der Waals surface area contributed by atoms with Gasteiger partial charge in [0.1, 0.15) is 6.07 Å². The molecule has 1 aromatic carbocycles. The van der Waals surface area contributed by atoms with E-state index in [9.17, 15) is 14.9 Å². The summed E-state index contributed by atoms with van der Waals surface area (Å²) >= 11 is 0. The smallest absolute Gasteiger partial charge is 0.223 e. The first-order chi connectivity index (χ1) is 11.1. The lowest BCUT2D eigenvalue weighted by Crippen LogP contribution is -2.45. The van der Waals surface area contributed by atoms with E-state index in [2.05, 4.69) is 16.3 Å². The molecule has 23 heavy (non-hydrogen) atoms. The minimum atomic E-state index is 0.00215. The zero-order chi connectivity index (χ0) is 16.4.